The van der Waals surface area contributed by atoms with Crippen molar-refractivity contribution >= 4 is 17.5 Å². The molecule has 0 spiro atoms. The molecule has 2 aromatic rings. The van der Waals surface area contributed by atoms with E-state index >= 15 is 0 Å². The molecular weight excluding hydrogens is 364 g/mol. The molecule has 0 aromatic heterocycles. The van der Waals surface area contributed by atoms with Gasteiger partial charge in [0.25, 0.3) is 0 Å². The van der Waals surface area contributed by atoms with Gasteiger partial charge in [0.15, 0.2) is 0 Å². The molecule has 1 fully saturated rings. The molecule has 26 heavy (non-hydrogen) atoms. The average Bonchev–Trinajstić information content (AvgIpc) is 2.59. The van der Waals surface area contributed by atoms with Crippen molar-refractivity contribution in [3.05, 3.63) is 64.7 Å². The summed E-state index contributed by atoms with van der Waals surface area (Å²) in [7, 11) is 0. The second kappa shape index (κ2) is 8.47. The third-order valence-electron chi connectivity index (χ3n) is 4.09. The highest BCUT2D eigenvalue weighted by molar-refractivity contribution is 6.31. The second-order valence-electron chi connectivity index (χ2n) is 6.06. The minimum absolute atomic E-state index is 0.0162. The van der Waals surface area contributed by atoms with Crippen molar-refractivity contribution in [2.24, 2.45) is 0 Å². The van der Waals surface area contributed by atoms with Crippen LogP contribution in [0, 0.1) is 11.6 Å². The van der Waals surface area contributed by atoms with Gasteiger partial charge in [-0.05, 0) is 29.8 Å². The van der Waals surface area contributed by atoms with Gasteiger partial charge in [-0.15, -0.1) is 0 Å². The number of carbonyl (C=O) groups is 1. The van der Waals surface area contributed by atoms with Crippen molar-refractivity contribution in [2.45, 2.75) is 25.0 Å². The van der Waals surface area contributed by atoms with E-state index < -0.39 is 5.82 Å². The first-order valence-corrected chi connectivity index (χ1v) is 8.62. The number of ether oxygens (including phenoxy) is 2. The molecule has 0 saturated carbocycles. The standard InChI is InChI=1S/C19H18ClF2NO3/c20-16-10-14(22)5-4-12(16)8-19(24)23-17-11-25-7-6-18(17)26-15-3-1-2-13(21)9-15/h1-5,9-10,17-18H,6-8,11H2,(H,23,24)/t17-,18+/m1/s1. The van der Waals surface area contributed by atoms with Crippen LogP contribution in [0.5, 0.6) is 5.75 Å². The minimum Gasteiger partial charge on any atom is -0.488 e. The average molecular weight is 382 g/mol. The van der Waals surface area contributed by atoms with Gasteiger partial charge in [0.1, 0.15) is 23.5 Å². The van der Waals surface area contributed by atoms with Crippen molar-refractivity contribution in [2.75, 3.05) is 13.2 Å². The maximum atomic E-state index is 13.3. The number of halogens is 3. The Kier molecular flexibility index (Phi) is 6.06. The summed E-state index contributed by atoms with van der Waals surface area (Å²) in [6.07, 6.45) is 0.249. The monoisotopic (exact) mass is 381 g/mol. The van der Waals surface area contributed by atoms with Crippen LogP contribution in [0.2, 0.25) is 5.02 Å². The molecule has 0 unspecified atom stereocenters. The molecule has 2 aromatic carbocycles. The molecule has 7 heteroatoms. The van der Waals surface area contributed by atoms with Crippen molar-refractivity contribution in [3.8, 4) is 5.75 Å². The summed E-state index contributed by atoms with van der Waals surface area (Å²) < 4.78 is 37.7. The fraction of sp³-hybridized carbons (Fsp3) is 0.316. The van der Waals surface area contributed by atoms with Crippen LogP contribution in [0.1, 0.15) is 12.0 Å². The molecule has 4 nitrogen and oxygen atoms in total. The lowest BCUT2D eigenvalue weighted by Crippen LogP contribution is -2.52. The number of rotatable bonds is 5. The van der Waals surface area contributed by atoms with Crippen molar-refractivity contribution in [1.82, 2.24) is 5.32 Å². The van der Waals surface area contributed by atoms with Gasteiger partial charge in [0.2, 0.25) is 5.91 Å². The van der Waals surface area contributed by atoms with Crippen molar-refractivity contribution in [3.63, 3.8) is 0 Å². The van der Waals surface area contributed by atoms with Crippen LogP contribution in [0.15, 0.2) is 42.5 Å². The number of benzene rings is 2. The quantitative estimate of drug-likeness (QED) is 0.862. The lowest BCUT2D eigenvalue weighted by Gasteiger charge is -2.32. The zero-order valence-electron chi connectivity index (χ0n) is 13.9. The van der Waals surface area contributed by atoms with E-state index in [-0.39, 0.29) is 35.3 Å². The Morgan fingerprint density at radius 2 is 2.04 bits per heavy atom. The molecule has 0 bridgehead atoms. The normalized spacial score (nSPS) is 19.8. The van der Waals surface area contributed by atoms with Crippen LogP contribution in [0.4, 0.5) is 8.78 Å². The first kappa shape index (κ1) is 18.6. The third kappa shape index (κ3) is 4.93. The molecule has 1 aliphatic heterocycles. The predicted molar refractivity (Wildman–Crippen MR) is 93.3 cm³/mol. The fourth-order valence-corrected chi connectivity index (χ4v) is 3.04. The van der Waals surface area contributed by atoms with E-state index in [1.54, 1.807) is 12.1 Å². The summed E-state index contributed by atoms with van der Waals surface area (Å²) in [5, 5.41) is 3.06. The maximum Gasteiger partial charge on any atom is 0.224 e. The SMILES string of the molecule is O=C(Cc1ccc(F)cc1Cl)N[C@@H]1COCC[C@@H]1Oc1cccc(F)c1. The first-order chi connectivity index (χ1) is 12.5. The van der Waals surface area contributed by atoms with Crippen LogP contribution in [-0.4, -0.2) is 31.3 Å². The van der Waals surface area contributed by atoms with E-state index in [4.69, 9.17) is 21.1 Å². The van der Waals surface area contributed by atoms with E-state index in [0.29, 0.717) is 30.9 Å². The van der Waals surface area contributed by atoms with Crippen molar-refractivity contribution in [1.29, 1.82) is 0 Å². The van der Waals surface area contributed by atoms with E-state index in [9.17, 15) is 13.6 Å². The summed E-state index contributed by atoms with van der Waals surface area (Å²) in [5.41, 5.74) is 0.532. The second-order valence-corrected chi connectivity index (χ2v) is 6.47. The van der Waals surface area contributed by atoms with Gasteiger partial charge in [0, 0.05) is 17.5 Å². The Balaban J connectivity index is 1.63. The number of nitrogens with one attached hydrogen (secondary N) is 1. The molecule has 1 aliphatic rings. The first-order valence-electron chi connectivity index (χ1n) is 8.24. The number of hydrogen-bond donors (Lipinski definition) is 1. The molecular formula is C19H18ClF2NO3. The van der Waals surface area contributed by atoms with E-state index in [0.717, 1.165) is 0 Å². The predicted octanol–water partition coefficient (Wildman–Crippen LogP) is 3.51. The Morgan fingerprint density at radius 3 is 2.81 bits per heavy atom. The summed E-state index contributed by atoms with van der Waals surface area (Å²) in [6, 6.07) is 9.39. The number of hydrogen-bond acceptors (Lipinski definition) is 3. The largest absolute Gasteiger partial charge is 0.488 e. The number of amides is 1. The van der Waals surface area contributed by atoms with Gasteiger partial charge in [-0.2, -0.15) is 0 Å². The zero-order valence-corrected chi connectivity index (χ0v) is 14.6. The van der Waals surface area contributed by atoms with Gasteiger partial charge in [0.05, 0.1) is 25.7 Å². The van der Waals surface area contributed by atoms with Crippen LogP contribution < -0.4 is 10.1 Å². The van der Waals surface area contributed by atoms with Crippen LogP contribution in [0.25, 0.3) is 0 Å². The Morgan fingerprint density at radius 1 is 1.23 bits per heavy atom. The van der Waals surface area contributed by atoms with Gasteiger partial charge in [-0.25, -0.2) is 8.78 Å². The Hall–Kier alpha value is -2.18. The summed E-state index contributed by atoms with van der Waals surface area (Å²) >= 11 is 5.96. The zero-order chi connectivity index (χ0) is 18.5. The van der Waals surface area contributed by atoms with Gasteiger partial charge in [-0.1, -0.05) is 23.7 Å². The highest BCUT2D eigenvalue weighted by Gasteiger charge is 2.29. The maximum absolute atomic E-state index is 13.3. The lowest BCUT2D eigenvalue weighted by molar-refractivity contribution is -0.123. The molecule has 138 valence electrons. The van der Waals surface area contributed by atoms with E-state index in [1.807, 2.05) is 0 Å². The smallest absolute Gasteiger partial charge is 0.224 e. The van der Waals surface area contributed by atoms with E-state index in [1.165, 1.54) is 30.3 Å². The van der Waals surface area contributed by atoms with Crippen LogP contribution in [0.3, 0.4) is 0 Å². The van der Waals surface area contributed by atoms with Crippen molar-refractivity contribution < 1.29 is 23.0 Å². The molecule has 1 N–H and O–H groups in total. The minimum atomic E-state index is -0.455. The fourth-order valence-electron chi connectivity index (χ4n) is 2.80. The summed E-state index contributed by atoms with van der Waals surface area (Å²) in [5.74, 6) is -0.718. The van der Waals surface area contributed by atoms with Gasteiger partial charge >= 0.3 is 0 Å². The van der Waals surface area contributed by atoms with Crippen LogP contribution >= 0.6 is 11.6 Å². The lowest BCUT2D eigenvalue weighted by atomic mass is 10.1. The molecule has 1 saturated heterocycles. The highest BCUT2D eigenvalue weighted by Crippen LogP contribution is 2.20. The summed E-state index contributed by atoms with van der Waals surface area (Å²) in [4.78, 5) is 12.3. The Labute approximate surface area is 155 Å². The molecule has 1 amide bonds. The topological polar surface area (TPSA) is 47.6 Å². The molecule has 0 aliphatic carbocycles. The molecule has 1 heterocycles. The summed E-state index contributed by atoms with van der Waals surface area (Å²) in [6.45, 7) is 0.791. The van der Waals surface area contributed by atoms with Gasteiger partial charge in [-0.3, -0.25) is 4.79 Å². The van der Waals surface area contributed by atoms with Gasteiger partial charge < -0.3 is 14.8 Å². The van der Waals surface area contributed by atoms with E-state index in [2.05, 4.69) is 5.32 Å². The third-order valence-corrected chi connectivity index (χ3v) is 4.44. The number of carbonyl (C=O) groups excluding carboxylic acids is 1. The van der Waals surface area contributed by atoms with Crippen LogP contribution in [-0.2, 0) is 16.0 Å². The molecule has 0 radical (unpaired) electrons. The highest BCUT2D eigenvalue weighted by atomic mass is 35.5. The molecule has 2 atom stereocenters. The molecule has 3 rings (SSSR count). The Bertz CT molecular complexity index is 787.